The van der Waals surface area contributed by atoms with Crippen LogP contribution >= 0.6 is 0 Å². The van der Waals surface area contributed by atoms with Crippen molar-refractivity contribution in [3.05, 3.63) is 65.1 Å². The Balaban J connectivity index is 1.68. The van der Waals surface area contributed by atoms with Gasteiger partial charge in [-0.15, -0.1) is 0 Å². The fraction of sp³-hybridized carbons (Fsp3) is 0.458. The molecule has 0 aliphatic carbocycles. The number of nitrogens with one attached hydrogen (secondary N) is 3. The lowest BCUT2D eigenvalue weighted by Gasteiger charge is -2.38. The predicted octanol–water partition coefficient (Wildman–Crippen LogP) is 4.65. The van der Waals surface area contributed by atoms with E-state index in [9.17, 15) is 4.79 Å². The molecule has 4 rings (SSSR count). The van der Waals surface area contributed by atoms with Gasteiger partial charge in [0.2, 0.25) is 0 Å². The van der Waals surface area contributed by atoms with E-state index < -0.39 is 5.54 Å². The average Bonchev–Trinajstić information content (AvgIpc) is 3.39. The summed E-state index contributed by atoms with van der Waals surface area (Å²) < 4.78 is 1.95. The first-order valence-electron chi connectivity index (χ1n) is 11.0. The van der Waals surface area contributed by atoms with Crippen LogP contribution < -0.4 is 10.6 Å². The smallest absolute Gasteiger partial charge is 0.257 e. The summed E-state index contributed by atoms with van der Waals surface area (Å²) in [4.78, 5) is 13.5. The maximum absolute atomic E-state index is 13.5. The maximum Gasteiger partial charge on any atom is 0.257 e. The van der Waals surface area contributed by atoms with Crippen molar-refractivity contribution in [2.45, 2.75) is 71.0 Å². The number of aromatic nitrogens is 4. The van der Waals surface area contributed by atoms with Crippen LogP contribution in [0.15, 0.2) is 42.7 Å². The molecule has 3 aromatic rings. The number of nitrogens with zero attached hydrogens (tertiary/aromatic N) is 3. The van der Waals surface area contributed by atoms with Gasteiger partial charge in [-0.25, -0.2) is 4.68 Å². The minimum absolute atomic E-state index is 0.116. The van der Waals surface area contributed by atoms with Crippen molar-refractivity contribution in [3.8, 4) is 0 Å². The first-order chi connectivity index (χ1) is 14.8. The third-order valence-electron chi connectivity index (χ3n) is 6.71. The molecule has 0 bridgehead atoms. The van der Waals surface area contributed by atoms with E-state index in [-0.39, 0.29) is 17.5 Å². The zero-order valence-corrected chi connectivity index (χ0v) is 19.0. The molecule has 1 amide bonds. The number of aromatic amines is 1. The van der Waals surface area contributed by atoms with E-state index in [1.807, 2.05) is 36.0 Å². The highest BCUT2D eigenvalue weighted by Crippen LogP contribution is 2.40. The Morgan fingerprint density at radius 1 is 1.23 bits per heavy atom. The zero-order chi connectivity index (χ0) is 22.2. The predicted molar refractivity (Wildman–Crippen MR) is 122 cm³/mol. The van der Waals surface area contributed by atoms with Crippen molar-refractivity contribution in [1.82, 2.24) is 25.3 Å². The second kappa shape index (κ2) is 7.87. The lowest BCUT2D eigenvalue weighted by Crippen LogP contribution is -2.46. The van der Waals surface area contributed by atoms with Crippen molar-refractivity contribution in [2.24, 2.45) is 0 Å². The highest BCUT2D eigenvalue weighted by molar-refractivity contribution is 5.99. The average molecular weight is 421 g/mol. The number of H-pyrrole nitrogens is 1. The van der Waals surface area contributed by atoms with E-state index in [1.54, 1.807) is 6.20 Å². The Kier molecular flexibility index (Phi) is 5.37. The van der Waals surface area contributed by atoms with Gasteiger partial charge in [0.15, 0.2) is 0 Å². The van der Waals surface area contributed by atoms with Crippen molar-refractivity contribution in [2.75, 3.05) is 5.32 Å². The highest BCUT2D eigenvalue weighted by atomic mass is 16.1. The number of carbonyl (C=O) groups excluding carboxylic acids is 1. The molecule has 0 radical (unpaired) electrons. The van der Waals surface area contributed by atoms with Crippen LogP contribution in [0, 0.1) is 6.92 Å². The molecule has 31 heavy (non-hydrogen) atoms. The number of hydrogen-bond acceptors (Lipinski definition) is 4. The second-order valence-electron chi connectivity index (χ2n) is 9.09. The van der Waals surface area contributed by atoms with Gasteiger partial charge in [0.25, 0.3) is 5.91 Å². The van der Waals surface area contributed by atoms with E-state index in [4.69, 9.17) is 0 Å². The third kappa shape index (κ3) is 3.62. The summed E-state index contributed by atoms with van der Waals surface area (Å²) in [6.45, 7) is 10.5. The van der Waals surface area contributed by atoms with Gasteiger partial charge >= 0.3 is 0 Å². The molecule has 7 nitrogen and oxygen atoms in total. The fourth-order valence-corrected chi connectivity index (χ4v) is 4.79. The van der Waals surface area contributed by atoms with Crippen molar-refractivity contribution < 1.29 is 4.79 Å². The third-order valence-corrected chi connectivity index (χ3v) is 6.71. The molecule has 164 valence electrons. The molecule has 1 aliphatic rings. The standard InChI is InChI=1S/C24H32N6O/c1-6-24(7-2,19-15-25-29-16(19)3)28-22(31)18-14-26-30-21(18)27-20(13-23(30,4)5)17-11-9-8-10-12-17/h8-12,14-15,20,27H,6-7,13H2,1-5H3,(H,25,29)(H,28,31). The Morgan fingerprint density at radius 3 is 2.55 bits per heavy atom. The molecule has 0 fully saturated rings. The number of carbonyl (C=O) groups is 1. The van der Waals surface area contributed by atoms with Gasteiger partial charge in [-0.1, -0.05) is 44.2 Å². The highest BCUT2D eigenvalue weighted by Gasteiger charge is 2.39. The Hall–Kier alpha value is -3.09. The van der Waals surface area contributed by atoms with Crippen LogP contribution in [0.4, 0.5) is 5.82 Å². The van der Waals surface area contributed by atoms with Gasteiger partial charge in [-0.2, -0.15) is 10.2 Å². The molecule has 3 heterocycles. The number of hydrogen-bond donors (Lipinski definition) is 3. The molecule has 0 spiro atoms. The summed E-state index contributed by atoms with van der Waals surface area (Å²) in [7, 11) is 0. The first-order valence-corrected chi connectivity index (χ1v) is 11.0. The van der Waals surface area contributed by atoms with Gasteiger partial charge < -0.3 is 10.6 Å². The maximum atomic E-state index is 13.5. The number of aryl methyl sites for hydroxylation is 1. The molecular weight excluding hydrogens is 388 g/mol. The molecule has 0 saturated heterocycles. The number of benzene rings is 1. The summed E-state index contributed by atoms with van der Waals surface area (Å²) in [6.07, 6.45) is 5.93. The van der Waals surface area contributed by atoms with Crippen molar-refractivity contribution in [1.29, 1.82) is 0 Å². The Labute approximate surface area is 183 Å². The van der Waals surface area contributed by atoms with Gasteiger partial charge in [0.05, 0.1) is 29.5 Å². The lowest BCUT2D eigenvalue weighted by atomic mass is 9.84. The Morgan fingerprint density at radius 2 is 1.94 bits per heavy atom. The largest absolute Gasteiger partial charge is 0.363 e. The molecular formula is C24H32N6O. The number of amides is 1. The van der Waals surface area contributed by atoms with Gasteiger partial charge in [0, 0.05) is 11.3 Å². The molecule has 7 heteroatoms. The van der Waals surface area contributed by atoms with Gasteiger partial charge in [0.1, 0.15) is 11.4 Å². The number of fused-ring (bicyclic) bond motifs is 1. The quantitative estimate of drug-likeness (QED) is 0.542. The lowest BCUT2D eigenvalue weighted by molar-refractivity contribution is 0.0889. The van der Waals surface area contributed by atoms with Crippen LogP contribution in [-0.2, 0) is 11.1 Å². The van der Waals surface area contributed by atoms with Crippen LogP contribution in [0.3, 0.4) is 0 Å². The van der Waals surface area contributed by atoms with E-state index in [2.05, 4.69) is 65.8 Å². The van der Waals surface area contributed by atoms with Crippen molar-refractivity contribution >= 4 is 11.7 Å². The van der Waals surface area contributed by atoms with Gasteiger partial charge in [-0.3, -0.25) is 9.89 Å². The SMILES string of the molecule is CCC(CC)(NC(=O)c1cnn2c1NC(c1ccccc1)CC2(C)C)c1cn[nH]c1C. The minimum Gasteiger partial charge on any atom is -0.363 e. The van der Waals surface area contributed by atoms with Crippen molar-refractivity contribution in [3.63, 3.8) is 0 Å². The van der Waals surface area contributed by atoms with Crippen LogP contribution in [0.2, 0.25) is 0 Å². The summed E-state index contributed by atoms with van der Waals surface area (Å²) in [5.41, 5.74) is 3.09. The van der Waals surface area contributed by atoms with Crippen LogP contribution in [-0.4, -0.2) is 25.9 Å². The summed E-state index contributed by atoms with van der Waals surface area (Å²) >= 11 is 0. The summed E-state index contributed by atoms with van der Waals surface area (Å²) in [5.74, 6) is 0.648. The molecule has 0 saturated carbocycles. The van der Waals surface area contributed by atoms with E-state index in [0.29, 0.717) is 5.56 Å². The molecule has 1 unspecified atom stereocenters. The normalized spacial score (nSPS) is 17.6. The van der Waals surface area contributed by atoms with Crippen LogP contribution in [0.25, 0.3) is 0 Å². The topological polar surface area (TPSA) is 87.6 Å². The van der Waals surface area contributed by atoms with E-state index in [0.717, 1.165) is 36.3 Å². The van der Waals surface area contributed by atoms with E-state index in [1.165, 1.54) is 5.56 Å². The minimum atomic E-state index is -0.480. The molecule has 1 aromatic carbocycles. The van der Waals surface area contributed by atoms with Gasteiger partial charge in [-0.05, 0) is 45.6 Å². The first kappa shape index (κ1) is 21.2. The second-order valence-corrected chi connectivity index (χ2v) is 9.09. The monoisotopic (exact) mass is 420 g/mol. The molecule has 2 aromatic heterocycles. The Bertz CT molecular complexity index is 1060. The number of anilines is 1. The zero-order valence-electron chi connectivity index (χ0n) is 19.0. The molecule has 3 N–H and O–H groups in total. The molecule has 1 atom stereocenters. The van der Waals surface area contributed by atoms with E-state index >= 15 is 0 Å². The fourth-order valence-electron chi connectivity index (χ4n) is 4.79. The summed E-state index contributed by atoms with van der Waals surface area (Å²) in [5, 5.41) is 18.7. The van der Waals surface area contributed by atoms with Crippen LogP contribution in [0.5, 0.6) is 0 Å². The van der Waals surface area contributed by atoms with Crippen LogP contribution in [0.1, 0.15) is 80.2 Å². The summed E-state index contributed by atoms with van der Waals surface area (Å²) in [6, 6.07) is 10.5. The number of rotatable bonds is 6. The molecule has 1 aliphatic heterocycles.